The Morgan fingerprint density at radius 3 is 2.16 bits per heavy atom. The number of para-hydroxylation sites is 2. The van der Waals surface area contributed by atoms with E-state index >= 15 is 0 Å². The largest absolute Gasteiger partial charge is 0.495 e. The fourth-order valence-corrected chi connectivity index (χ4v) is 5.41. The van der Waals surface area contributed by atoms with Gasteiger partial charge in [-0.3, -0.25) is 13.9 Å². The predicted molar refractivity (Wildman–Crippen MR) is 148 cm³/mol. The van der Waals surface area contributed by atoms with E-state index in [0.717, 1.165) is 22.7 Å². The molecule has 0 radical (unpaired) electrons. The molecule has 0 aliphatic heterocycles. The van der Waals surface area contributed by atoms with E-state index in [9.17, 15) is 18.0 Å². The van der Waals surface area contributed by atoms with Crippen LogP contribution in [0.3, 0.4) is 0 Å². The molecular formula is C29H35N3O5S. The Morgan fingerprint density at radius 1 is 0.921 bits per heavy atom. The third kappa shape index (κ3) is 7.13. The van der Waals surface area contributed by atoms with Crippen LogP contribution in [0.25, 0.3) is 0 Å². The van der Waals surface area contributed by atoms with Crippen LogP contribution in [0.4, 0.5) is 5.69 Å². The molecule has 202 valence electrons. The molecule has 0 fully saturated rings. The van der Waals surface area contributed by atoms with Gasteiger partial charge in [0, 0.05) is 13.1 Å². The van der Waals surface area contributed by atoms with Gasteiger partial charge in [-0.2, -0.15) is 0 Å². The van der Waals surface area contributed by atoms with Crippen LogP contribution < -0.4 is 14.4 Å². The molecule has 0 saturated heterocycles. The highest BCUT2D eigenvalue weighted by molar-refractivity contribution is 7.92. The Morgan fingerprint density at radius 2 is 1.53 bits per heavy atom. The van der Waals surface area contributed by atoms with E-state index in [1.807, 2.05) is 37.3 Å². The number of nitrogens with one attached hydrogen (secondary N) is 1. The lowest BCUT2D eigenvalue weighted by Gasteiger charge is -2.32. The van der Waals surface area contributed by atoms with Gasteiger partial charge in [-0.15, -0.1) is 0 Å². The molecule has 0 bridgehead atoms. The van der Waals surface area contributed by atoms with Crippen molar-refractivity contribution in [2.24, 2.45) is 0 Å². The molecule has 0 heterocycles. The standard InChI is InChI=1S/C29H35N3O5S/c1-4-5-20-30-29(34)23(2)31(21-24-14-8-6-9-15-24)28(33)22-32(26-18-12-13-19-27(26)37-3)38(35,36)25-16-10-7-11-17-25/h6-19,23H,4-5,20-22H2,1-3H3,(H,30,34)/t23-/m0/s1. The Balaban J connectivity index is 2.01. The van der Waals surface area contributed by atoms with Gasteiger partial charge in [0.15, 0.2) is 0 Å². The number of hydrogen-bond acceptors (Lipinski definition) is 5. The van der Waals surface area contributed by atoms with Crippen molar-refractivity contribution in [3.63, 3.8) is 0 Å². The summed E-state index contributed by atoms with van der Waals surface area (Å²) in [4.78, 5) is 28.3. The summed E-state index contributed by atoms with van der Waals surface area (Å²) in [6.45, 7) is 3.81. The maximum absolute atomic E-state index is 13.9. The summed E-state index contributed by atoms with van der Waals surface area (Å²) in [6.07, 6.45) is 1.74. The molecule has 0 aliphatic rings. The first-order valence-corrected chi connectivity index (χ1v) is 14.1. The highest BCUT2D eigenvalue weighted by Gasteiger charge is 2.33. The summed E-state index contributed by atoms with van der Waals surface area (Å²) < 4.78 is 34.1. The minimum atomic E-state index is -4.15. The number of benzene rings is 3. The number of ether oxygens (including phenoxy) is 1. The van der Waals surface area contributed by atoms with Crippen LogP contribution >= 0.6 is 0 Å². The average molecular weight is 538 g/mol. The molecule has 0 unspecified atom stereocenters. The normalized spacial score (nSPS) is 11.9. The van der Waals surface area contributed by atoms with Gasteiger partial charge in [-0.1, -0.05) is 74.0 Å². The Labute approximate surface area is 225 Å². The Bertz CT molecular complexity index is 1300. The van der Waals surface area contributed by atoms with Crippen molar-refractivity contribution in [1.29, 1.82) is 0 Å². The first-order valence-electron chi connectivity index (χ1n) is 12.6. The zero-order valence-electron chi connectivity index (χ0n) is 22.0. The molecule has 2 amide bonds. The number of carbonyl (C=O) groups excluding carboxylic acids is 2. The van der Waals surface area contributed by atoms with Crippen LogP contribution in [0.15, 0.2) is 89.8 Å². The third-order valence-electron chi connectivity index (χ3n) is 6.16. The van der Waals surface area contributed by atoms with E-state index in [2.05, 4.69) is 5.32 Å². The lowest BCUT2D eigenvalue weighted by atomic mass is 10.1. The average Bonchev–Trinajstić information content (AvgIpc) is 2.95. The second kappa shape index (κ2) is 13.6. The van der Waals surface area contributed by atoms with Gasteiger partial charge >= 0.3 is 0 Å². The highest BCUT2D eigenvalue weighted by atomic mass is 32.2. The van der Waals surface area contributed by atoms with Crippen molar-refractivity contribution in [3.05, 3.63) is 90.5 Å². The van der Waals surface area contributed by atoms with Gasteiger partial charge < -0.3 is 15.0 Å². The fraction of sp³-hybridized carbons (Fsp3) is 0.310. The second-order valence-corrected chi connectivity index (χ2v) is 10.7. The van der Waals surface area contributed by atoms with Crippen molar-refractivity contribution in [2.75, 3.05) is 24.5 Å². The number of hydrogen-bond donors (Lipinski definition) is 1. The molecular weight excluding hydrogens is 502 g/mol. The molecule has 3 aromatic rings. The van der Waals surface area contributed by atoms with E-state index in [1.54, 1.807) is 49.4 Å². The quantitative estimate of drug-likeness (QED) is 0.329. The van der Waals surface area contributed by atoms with E-state index < -0.39 is 28.5 Å². The number of methoxy groups -OCH3 is 1. The fourth-order valence-electron chi connectivity index (χ4n) is 3.97. The van der Waals surface area contributed by atoms with E-state index in [1.165, 1.54) is 24.1 Å². The summed E-state index contributed by atoms with van der Waals surface area (Å²) in [7, 11) is -2.70. The number of anilines is 1. The molecule has 3 rings (SSSR count). The first kappa shape index (κ1) is 28.7. The Hall–Kier alpha value is -3.85. The van der Waals surface area contributed by atoms with Crippen LogP contribution in [0.2, 0.25) is 0 Å². The van der Waals surface area contributed by atoms with Crippen molar-refractivity contribution >= 4 is 27.5 Å². The molecule has 0 aliphatic carbocycles. The maximum atomic E-state index is 13.9. The summed E-state index contributed by atoms with van der Waals surface area (Å²) in [5.74, 6) is -0.505. The highest BCUT2D eigenvalue weighted by Crippen LogP contribution is 2.32. The topological polar surface area (TPSA) is 96.0 Å². The summed E-state index contributed by atoms with van der Waals surface area (Å²) in [5, 5.41) is 2.88. The lowest BCUT2D eigenvalue weighted by Crippen LogP contribution is -2.51. The number of nitrogens with zero attached hydrogens (tertiary/aromatic N) is 2. The van der Waals surface area contributed by atoms with Gasteiger partial charge in [-0.25, -0.2) is 8.42 Å². The van der Waals surface area contributed by atoms with Gasteiger partial charge in [-0.05, 0) is 43.2 Å². The van der Waals surface area contributed by atoms with E-state index in [-0.39, 0.29) is 23.0 Å². The van der Waals surface area contributed by atoms with E-state index in [4.69, 9.17) is 4.74 Å². The number of carbonyl (C=O) groups is 2. The van der Waals surface area contributed by atoms with Gasteiger partial charge in [0.2, 0.25) is 11.8 Å². The van der Waals surface area contributed by atoms with Gasteiger partial charge in [0.1, 0.15) is 18.3 Å². The molecule has 1 atom stereocenters. The minimum Gasteiger partial charge on any atom is -0.495 e. The molecule has 0 saturated carbocycles. The van der Waals surface area contributed by atoms with Crippen LogP contribution in [-0.4, -0.2) is 51.4 Å². The zero-order chi connectivity index (χ0) is 27.5. The Kier molecular flexibility index (Phi) is 10.3. The minimum absolute atomic E-state index is 0.0404. The SMILES string of the molecule is CCCCNC(=O)[C@H](C)N(Cc1ccccc1)C(=O)CN(c1ccccc1OC)S(=O)(=O)c1ccccc1. The van der Waals surface area contributed by atoms with Gasteiger partial charge in [0.25, 0.3) is 10.0 Å². The number of sulfonamides is 1. The molecule has 0 aromatic heterocycles. The van der Waals surface area contributed by atoms with Crippen molar-refractivity contribution in [3.8, 4) is 5.75 Å². The zero-order valence-corrected chi connectivity index (χ0v) is 22.9. The summed E-state index contributed by atoms with van der Waals surface area (Å²) in [5.41, 5.74) is 1.05. The van der Waals surface area contributed by atoms with Crippen LogP contribution in [0, 0.1) is 0 Å². The monoisotopic (exact) mass is 537 g/mol. The van der Waals surface area contributed by atoms with E-state index in [0.29, 0.717) is 12.3 Å². The smallest absolute Gasteiger partial charge is 0.264 e. The van der Waals surface area contributed by atoms with Gasteiger partial charge in [0.05, 0.1) is 17.7 Å². The van der Waals surface area contributed by atoms with Crippen molar-refractivity contribution in [1.82, 2.24) is 10.2 Å². The predicted octanol–water partition coefficient (Wildman–Crippen LogP) is 4.22. The summed E-state index contributed by atoms with van der Waals surface area (Å²) in [6, 6.07) is 23.0. The molecule has 0 spiro atoms. The number of amides is 2. The third-order valence-corrected chi connectivity index (χ3v) is 7.93. The number of rotatable bonds is 13. The molecule has 9 heteroatoms. The maximum Gasteiger partial charge on any atom is 0.264 e. The lowest BCUT2D eigenvalue weighted by molar-refractivity contribution is -0.139. The molecule has 38 heavy (non-hydrogen) atoms. The molecule has 1 N–H and O–H groups in total. The summed E-state index contributed by atoms with van der Waals surface area (Å²) >= 11 is 0. The molecule has 8 nitrogen and oxygen atoms in total. The van der Waals surface area contributed by atoms with Crippen LogP contribution in [-0.2, 0) is 26.2 Å². The van der Waals surface area contributed by atoms with Crippen molar-refractivity contribution < 1.29 is 22.7 Å². The second-order valence-electron chi connectivity index (χ2n) is 8.82. The van der Waals surface area contributed by atoms with Crippen LogP contribution in [0.1, 0.15) is 32.3 Å². The van der Waals surface area contributed by atoms with Crippen molar-refractivity contribution in [2.45, 2.75) is 44.2 Å². The van der Waals surface area contributed by atoms with Crippen LogP contribution in [0.5, 0.6) is 5.75 Å². The molecule has 3 aromatic carbocycles. The first-order chi connectivity index (χ1) is 18.3. The number of unbranched alkanes of at least 4 members (excludes halogenated alkanes) is 1.